The third kappa shape index (κ3) is 1460. The third-order valence-electron chi connectivity index (χ3n) is 0. The van der Waals surface area contributed by atoms with Crippen molar-refractivity contribution in [3.05, 3.63) is 0 Å². The maximum atomic E-state index is 8.41. The van der Waals surface area contributed by atoms with Crippen LogP contribution in [-0.4, -0.2) is 17.4 Å². The number of halogens is 3. The second-order valence-corrected chi connectivity index (χ2v) is 1.70. The van der Waals surface area contributed by atoms with E-state index in [9.17, 15) is 0 Å². The summed E-state index contributed by atoms with van der Waals surface area (Å²) in [4.78, 5) is 0. The summed E-state index contributed by atoms with van der Waals surface area (Å²) in [6, 6.07) is 0. The normalized spacial score (nSPS) is 8.31. The molecule has 0 heterocycles. The van der Waals surface area contributed by atoms with Crippen molar-refractivity contribution in [3.63, 3.8) is 0 Å². The summed E-state index contributed by atoms with van der Waals surface area (Å²) in [6.45, 7) is 0. The Kier molecular flexibility index (Phi) is 34.2. The van der Waals surface area contributed by atoms with Crippen molar-refractivity contribution in [1.29, 1.82) is 0 Å². The summed E-state index contributed by atoms with van der Waals surface area (Å²) in [7, 11) is -8.56. The van der Waals surface area contributed by atoms with Crippen LogP contribution in [0.15, 0.2) is 0 Å². The second kappa shape index (κ2) is 18.8. The Balaban J connectivity index is -0.0000000450. The predicted octanol–water partition coefficient (Wildman–Crippen LogP) is -11.1. The minimum Gasteiger partial charge on any atom is -0.357 e. The van der Waals surface area contributed by atoms with Crippen molar-refractivity contribution in [3.8, 4) is 0 Å². The third-order valence-corrected chi connectivity index (χ3v) is 0. The Morgan fingerprint density at radius 3 is 0.385 bits per heavy atom. The van der Waals surface area contributed by atoms with Crippen molar-refractivity contribution in [2.24, 2.45) is 0 Å². The molecule has 0 radical (unpaired) electrons. The molecule has 0 aliphatic heterocycles. The average molecular weight is 277 g/mol. The molecule has 0 amide bonds. The van der Waals surface area contributed by atoms with Gasteiger partial charge in [0.2, 0.25) is 0 Å². The molecule has 0 fully saturated rings. The predicted molar refractivity (Wildman–Crippen MR) is 5.75 cm³/mol. The number of hydrogen-bond donors (Lipinski definition) is 0. The van der Waals surface area contributed by atoms with E-state index in [2.05, 4.69) is 0 Å². The van der Waals surface area contributed by atoms with E-state index in [0.717, 1.165) is 0 Å². The quantitative estimate of drug-likeness (QED) is 0.384. The minimum absolute atomic E-state index is 0. The average Bonchev–Trinajstić information content (AvgIpc) is 1.54. The van der Waals surface area contributed by atoms with Gasteiger partial charge in [-0.25, -0.2) is 0 Å². The molecule has 0 bridgehead atoms. The fourth-order valence-electron chi connectivity index (χ4n) is 0. The van der Waals surface area contributed by atoms with Gasteiger partial charge in [-0.05, 0) is 0 Å². The van der Waals surface area contributed by atoms with E-state index in [4.69, 9.17) is 41.9 Å². The molecule has 0 unspecified atom stereocenters. The first kappa shape index (κ1) is 23.7. The number of hydrogen-bond acceptors (Lipinski definition) is 9. The van der Waals surface area contributed by atoms with Crippen molar-refractivity contribution < 1.29 is 74.3 Å². The van der Waals surface area contributed by atoms with Crippen LogP contribution in [0.4, 0.5) is 0 Å². The summed E-state index contributed by atoms with van der Waals surface area (Å²) < 4.78 is 75.7. The van der Waals surface area contributed by atoms with Gasteiger partial charge in [-0.15, -0.1) is 0 Å². The van der Waals surface area contributed by atoms with Gasteiger partial charge in [0, 0.05) is 0 Å². The first-order valence-corrected chi connectivity index (χ1v) is 4.17. The maximum absolute atomic E-state index is 8.41. The van der Waals surface area contributed by atoms with Crippen molar-refractivity contribution in [2.45, 2.75) is 0 Å². The van der Waals surface area contributed by atoms with Gasteiger partial charge in [0.05, 0.1) is 32.4 Å². The standard InChI is InChI=1S/Al.3ClO3/c;3*2-1(3)4/q+3;3*-1. The molecule has 13 heteroatoms. The van der Waals surface area contributed by atoms with Crippen LogP contribution in [0.5, 0.6) is 0 Å². The molecule has 0 aromatic carbocycles. The molecule has 78 valence electrons. The maximum Gasteiger partial charge on any atom is 3.00 e. The van der Waals surface area contributed by atoms with Gasteiger partial charge in [-0.2, -0.15) is 0 Å². The molecule has 0 saturated heterocycles. The summed E-state index contributed by atoms with van der Waals surface area (Å²) in [5, 5.41) is 0. The van der Waals surface area contributed by atoms with Crippen LogP contribution >= 0.6 is 0 Å². The minimum atomic E-state index is -2.85. The molecule has 13 heavy (non-hydrogen) atoms. The first-order chi connectivity index (χ1) is 5.20. The van der Waals surface area contributed by atoms with Gasteiger partial charge in [0.15, 0.2) is 0 Å². The zero-order valence-corrected chi connectivity index (χ0v) is 8.81. The molecule has 0 atom stereocenters. The van der Waals surface area contributed by atoms with Crippen LogP contribution in [0.2, 0.25) is 0 Å². The van der Waals surface area contributed by atoms with E-state index in [1.807, 2.05) is 0 Å². The van der Waals surface area contributed by atoms with Crippen LogP contribution in [0.25, 0.3) is 0 Å². The second-order valence-electron chi connectivity index (χ2n) is 0.567. The van der Waals surface area contributed by atoms with E-state index in [-0.39, 0.29) is 17.4 Å². The molecule has 0 aromatic heterocycles. The topological polar surface area (TPSA) is 208 Å². The largest absolute Gasteiger partial charge is 3.00 e. The van der Waals surface area contributed by atoms with Gasteiger partial charge >= 0.3 is 17.4 Å². The van der Waals surface area contributed by atoms with Crippen LogP contribution in [-0.2, 0) is 0 Å². The molecule has 0 saturated carbocycles. The van der Waals surface area contributed by atoms with Crippen LogP contribution in [0.1, 0.15) is 0 Å². The molecule has 0 aromatic rings. The van der Waals surface area contributed by atoms with Gasteiger partial charge in [-0.1, -0.05) is 0 Å². The van der Waals surface area contributed by atoms with Gasteiger partial charge in [0.25, 0.3) is 0 Å². The summed E-state index contributed by atoms with van der Waals surface area (Å²) >= 11 is 0. The Bertz CT molecular complexity index is 43.4. The van der Waals surface area contributed by atoms with E-state index in [1.54, 1.807) is 0 Å². The SMILES string of the molecule is [Al+3].[O-][Cl+2]([O-])[O-].[O-][Cl+2]([O-])[O-].[O-][Cl+2]([O-])[O-]. The van der Waals surface area contributed by atoms with E-state index < -0.39 is 32.4 Å². The molecular formula is AlCl3O9. The Morgan fingerprint density at radius 1 is 0.385 bits per heavy atom. The fraction of sp³-hybridized carbons (Fsp3) is 0. The van der Waals surface area contributed by atoms with Gasteiger partial charge in [-0.3, -0.25) is 0 Å². The zero-order valence-electron chi connectivity index (χ0n) is 5.39. The van der Waals surface area contributed by atoms with Gasteiger partial charge < -0.3 is 41.9 Å². The van der Waals surface area contributed by atoms with Crippen molar-refractivity contribution >= 4 is 17.4 Å². The molecule has 0 spiro atoms. The van der Waals surface area contributed by atoms with Crippen LogP contribution < -0.4 is 41.9 Å². The molecule has 0 aliphatic rings. The Labute approximate surface area is 91.8 Å². The monoisotopic (exact) mass is 276 g/mol. The van der Waals surface area contributed by atoms with Gasteiger partial charge in [0.1, 0.15) is 0 Å². The molecule has 9 nitrogen and oxygen atoms in total. The number of rotatable bonds is 0. The first-order valence-electron chi connectivity index (χ1n) is 1.39. The molecule has 0 N–H and O–H groups in total. The molecule has 0 rings (SSSR count). The summed E-state index contributed by atoms with van der Waals surface area (Å²) in [5.41, 5.74) is 0. The Morgan fingerprint density at radius 2 is 0.385 bits per heavy atom. The smallest absolute Gasteiger partial charge is 0.357 e. The summed E-state index contributed by atoms with van der Waals surface area (Å²) in [5.74, 6) is 0. The van der Waals surface area contributed by atoms with E-state index >= 15 is 0 Å². The summed E-state index contributed by atoms with van der Waals surface area (Å²) in [6.07, 6.45) is 0. The fourth-order valence-corrected chi connectivity index (χ4v) is 0. The molecule has 0 aliphatic carbocycles. The van der Waals surface area contributed by atoms with Crippen molar-refractivity contribution in [1.82, 2.24) is 0 Å². The molecular weight excluding hydrogens is 277 g/mol. The van der Waals surface area contributed by atoms with E-state index in [1.165, 1.54) is 0 Å². The van der Waals surface area contributed by atoms with Crippen LogP contribution in [0.3, 0.4) is 0 Å². The van der Waals surface area contributed by atoms with Crippen LogP contribution in [0, 0.1) is 32.4 Å². The zero-order chi connectivity index (χ0) is 10.7. The van der Waals surface area contributed by atoms with E-state index in [0.29, 0.717) is 0 Å². The Hall–Kier alpha value is 1.04. The van der Waals surface area contributed by atoms with Crippen molar-refractivity contribution in [2.75, 3.05) is 0 Å².